The van der Waals surface area contributed by atoms with Gasteiger partial charge < -0.3 is 15.4 Å². The van der Waals surface area contributed by atoms with E-state index in [0.29, 0.717) is 22.1 Å². The average Bonchev–Trinajstić information content (AvgIpc) is 2.49. The van der Waals surface area contributed by atoms with Gasteiger partial charge in [0, 0.05) is 4.47 Å². The van der Waals surface area contributed by atoms with Gasteiger partial charge in [-0.05, 0) is 30.3 Å². The summed E-state index contributed by atoms with van der Waals surface area (Å²) >= 11 is 9.41. The Morgan fingerprint density at radius 1 is 1.24 bits per heavy atom. The van der Waals surface area contributed by atoms with Crippen molar-refractivity contribution in [2.75, 3.05) is 24.3 Å². The van der Waals surface area contributed by atoms with Gasteiger partial charge in [0.15, 0.2) is 0 Å². The Labute approximate surface area is 136 Å². The van der Waals surface area contributed by atoms with Crippen LogP contribution >= 0.6 is 27.5 Å². The molecule has 4 nitrogen and oxygen atoms in total. The number of amides is 1. The van der Waals surface area contributed by atoms with Crippen molar-refractivity contribution < 1.29 is 9.53 Å². The van der Waals surface area contributed by atoms with Crippen molar-refractivity contribution in [2.24, 2.45) is 0 Å². The first kappa shape index (κ1) is 15.7. The van der Waals surface area contributed by atoms with Crippen LogP contribution in [-0.4, -0.2) is 19.6 Å². The number of nitrogens with one attached hydrogen (secondary N) is 2. The fourth-order valence-electron chi connectivity index (χ4n) is 1.75. The maximum atomic E-state index is 12.0. The van der Waals surface area contributed by atoms with Crippen LogP contribution in [-0.2, 0) is 4.79 Å². The summed E-state index contributed by atoms with van der Waals surface area (Å²) in [4.78, 5) is 12.0. The standard InChI is InChI=1S/C15H14BrClN2O2/c1-21-14-5-3-2-4-12(14)19-15(20)9-18-13-8-10(16)6-7-11(13)17/h2-8,18H,9H2,1H3,(H,19,20). The molecule has 110 valence electrons. The number of carbonyl (C=O) groups excluding carboxylic acids is 1. The van der Waals surface area contributed by atoms with Gasteiger partial charge in [-0.1, -0.05) is 39.7 Å². The lowest BCUT2D eigenvalue weighted by molar-refractivity contribution is -0.114. The normalized spacial score (nSPS) is 10.0. The van der Waals surface area contributed by atoms with Crippen LogP contribution in [0.3, 0.4) is 0 Å². The number of hydrogen-bond acceptors (Lipinski definition) is 3. The highest BCUT2D eigenvalue weighted by Crippen LogP contribution is 2.26. The molecule has 2 aromatic carbocycles. The first-order valence-electron chi connectivity index (χ1n) is 6.22. The second-order valence-electron chi connectivity index (χ2n) is 4.23. The van der Waals surface area contributed by atoms with Crippen LogP contribution in [0.2, 0.25) is 5.02 Å². The maximum absolute atomic E-state index is 12.0. The molecule has 2 N–H and O–H groups in total. The first-order valence-corrected chi connectivity index (χ1v) is 7.39. The predicted octanol–water partition coefficient (Wildman–Crippen LogP) is 4.16. The van der Waals surface area contributed by atoms with Crippen LogP contribution in [0.4, 0.5) is 11.4 Å². The summed E-state index contributed by atoms with van der Waals surface area (Å²) in [7, 11) is 1.56. The summed E-state index contributed by atoms with van der Waals surface area (Å²) < 4.78 is 6.07. The van der Waals surface area contributed by atoms with Gasteiger partial charge in [0.1, 0.15) is 5.75 Å². The Hall–Kier alpha value is -1.72. The zero-order chi connectivity index (χ0) is 15.2. The van der Waals surface area contributed by atoms with E-state index in [0.717, 1.165) is 4.47 Å². The molecule has 0 heterocycles. The summed E-state index contributed by atoms with van der Waals surface area (Å²) in [5.74, 6) is 0.432. The minimum atomic E-state index is -0.185. The van der Waals surface area contributed by atoms with Gasteiger partial charge in [0.2, 0.25) is 5.91 Å². The number of ether oxygens (including phenoxy) is 1. The fraction of sp³-hybridized carbons (Fsp3) is 0.133. The van der Waals surface area contributed by atoms with Gasteiger partial charge >= 0.3 is 0 Å². The highest BCUT2D eigenvalue weighted by atomic mass is 79.9. The number of hydrogen-bond donors (Lipinski definition) is 2. The molecule has 0 aliphatic heterocycles. The van der Waals surface area contributed by atoms with Crippen molar-refractivity contribution >= 4 is 44.8 Å². The van der Waals surface area contributed by atoms with E-state index in [2.05, 4.69) is 26.6 Å². The summed E-state index contributed by atoms with van der Waals surface area (Å²) in [6.07, 6.45) is 0. The number of anilines is 2. The number of para-hydroxylation sites is 2. The zero-order valence-corrected chi connectivity index (χ0v) is 13.7. The van der Waals surface area contributed by atoms with Crippen LogP contribution in [0.1, 0.15) is 0 Å². The molecule has 1 amide bonds. The molecule has 0 saturated heterocycles. The average molecular weight is 370 g/mol. The van der Waals surface area contributed by atoms with Crippen molar-refractivity contribution in [3.05, 3.63) is 52.0 Å². The Balaban J connectivity index is 1.97. The van der Waals surface area contributed by atoms with Gasteiger partial charge in [-0.25, -0.2) is 0 Å². The van der Waals surface area contributed by atoms with Crippen LogP contribution < -0.4 is 15.4 Å². The summed E-state index contributed by atoms with van der Waals surface area (Å²) in [5.41, 5.74) is 1.33. The highest BCUT2D eigenvalue weighted by molar-refractivity contribution is 9.10. The number of benzene rings is 2. The van der Waals surface area contributed by atoms with Crippen LogP contribution in [0.25, 0.3) is 0 Å². The second-order valence-corrected chi connectivity index (χ2v) is 5.55. The van der Waals surface area contributed by atoms with E-state index in [9.17, 15) is 4.79 Å². The van der Waals surface area contributed by atoms with E-state index >= 15 is 0 Å². The maximum Gasteiger partial charge on any atom is 0.243 e. The second kappa shape index (κ2) is 7.33. The molecule has 0 atom stereocenters. The zero-order valence-electron chi connectivity index (χ0n) is 11.3. The van der Waals surface area contributed by atoms with Gasteiger partial charge in [-0.3, -0.25) is 4.79 Å². The molecular weight excluding hydrogens is 356 g/mol. The lowest BCUT2D eigenvalue weighted by atomic mass is 10.3. The Kier molecular flexibility index (Phi) is 5.47. The lowest BCUT2D eigenvalue weighted by Gasteiger charge is -2.11. The first-order chi connectivity index (χ1) is 10.1. The third kappa shape index (κ3) is 4.37. The quantitative estimate of drug-likeness (QED) is 0.832. The van der Waals surface area contributed by atoms with Gasteiger partial charge in [-0.2, -0.15) is 0 Å². The Morgan fingerprint density at radius 2 is 2.00 bits per heavy atom. The fourth-order valence-corrected chi connectivity index (χ4v) is 2.30. The molecule has 0 spiro atoms. The SMILES string of the molecule is COc1ccccc1NC(=O)CNc1cc(Br)ccc1Cl. The van der Waals surface area contributed by atoms with Crippen molar-refractivity contribution in [1.82, 2.24) is 0 Å². The largest absolute Gasteiger partial charge is 0.495 e. The smallest absolute Gasteiger partial charge is 0.243 e. The van der Waals surface area contributed by atoms with E-state index in [1.807, 2.05) is 24.3 Å². The molecule has 0 unspecified atom stereocenters. The van der Waals surface area contributed by atoms with Gasteiger partial charge in [0.25, 0.3) is 0 Å². The molecule has 0 fully saturated rings. The van der Waals surface area contributed by atoms with E-state index in [1.54, 1.807) is 25.3 Å². The number of methoxy groups -OCH3 is 1. The molecule has 0 aliphatic rings. The van der Waals surface area contributed by atoms with Crippen molar-refractivity contribution in [3.8, 4) is 5.75 Å². The summed E-state index contributed by atoms with van der Waals surface area (Å²) in [5, 5.41) is 6.34. The number of halogens is 2. The molecule has 0 aromatic heterocycles. The number of carbonyl (C=O) groups is 1. The monoisotopic (exact) mass is 368 g/mol. The molecule has 2 rings (SSSR count). The third-order valence-corrected chi connectivity index (χ3v) is 3.57. The van der Waals surface area contributed by atoms with Crippen LogP contribution in [0, 0.1) is 0 Å². The predicted molar refractivity (Wildman–Crippen MR) is 89.3 cm³/mol. The van der Waals surface area contributed by atoms with Crippen LogP contribution in [0.15, 0.2) is 46.9 Å². The van der Waals surface area contributed by atoms with Gasteiger partial charge in [0.05, 0.1) is 30.1 Å². The molecule has 0 saturated carbocycles. The third-order valence-electron chi connectivity index (χ3n) is 2.75. The molecule has 6 heteroatoms. The van der Waals surface area contributed by atoms with Crippen molar-refractivity contribution in [2.45, 2.75) is 0 Å². The van der Waals surface area contributed by atoms with Crippen molar-refractivity contribution in [1.29, 1.82) is 0 Å². The minimum absolute atomic E-state index is 0.105. The Morgan fingerprint density at radius 3 is 2.76 bits per heavy atom. The summed E-state index contributed by atoms with van der Waals surface area (Å²) in [6, 6.07) is 12.6. The van der Waals surface area contributed by atoms with E-state index < -0.39 is 0 Å². The van der Waals surface area contributed by atoms with Crippen molar-refractivity contribution in [3.63, 3.8) is 0 Å². The van der Waals surface area contributed by atoms with E-state index in [-0.39, 0.29) is 12.5 Å². The number of rotatable bonds is 5. The summed E-state index contributed by atoms with van der Waals surface area (Å²) in [6.45, 7) is 0.105. The topological polar surface area (TPSA) is 50.4 Å². The van der Waals surface area contributed by atoms with E-state index in [1.165, 1.54) is 0 Å². The highest BCUT2D eigenvalue weighted by Gasteiger charge is 2.08. The lowest BCUT2D eigenvalue weighted by Crippen LogP contribution is -2.22. The minimum Gasteiger partial charge on any atom is -0.495 e. The molecule has 21 heavy (non-hydrogen) atoms. The molecule has 0 bridgehead atoms. The van der Waals surface area contributed by atoms with Gasteiger partial charge in [-0.15, -0.1) is 0 Å². The van der Waals surface area contributed by atoms with E-state index in [4.69, 9.17) is 16.3 Å². The Bertz CT molecular complexity index is 649. The van der Waals surface area contributed by atoms with Crippen LogP contribution in [0.5, 0.6) is 5.75 Å². The molecule has 0 radical (unpaired) electrons. The molecule has 2 aromatic rings. The molecule has 0 aliphatic carbocycles. The molecular formula is C15H14BrClN2O2.